The highest BCUT2D eigenvalue weighted by Gasteiger charge is 2.57. The third kappa shape index (κ3) is 25.8. The first kappa shape index (κ1) is 80.7. The van der Waals surface area contributed by atoms with E-state index in [0.29, 0.717) is 18.3 Å². The minimum atomic E-state index is -0.734. The Labute approximate surface area is 475 Å². The average Bonchev–Trinajstić information content (AvgIpc) is 3.34. The van der Waals surface area contributed by atoms with Crippen LogP contribution in [0.25, 0.3) is 0 Å². The summed E-state index contributed by atoms with van der Waals surface area (Å²) in [7, 11) is 0. The Hall–Kier alpha value is -3.79. The fourth-order valence-corrected chi connectivity index (χ4v) is 10.3. The Morgan fingerprint density at radius 1 is 0.410 bits per heavy atom. The first-order valence-electron chi connectivity index (χ1n) is 27.3. The van der Waals surface area contributed by atoms with Crippen molar-refractivity contribution >= 4 is 41.8 Å². The molecular formula is C62H118O16. The van der Waals surface area contributed by atoms with Gasteiger partial charge < -0.3 is 42.6 Å². The van der Waals surface area contributed by atoms with Gasteiger partial charge in [0, 0.05) is 0 Å². The minimum absolute atomic E-state index is 0. The Morgan fingerprint density at radius 3 is 1.17 bits per heavy atom. The lowest BCUT2D eigenvalue weighted by molar-refractivity contribution is -0.207. The van der Waals surface area contributed by atoms with Crippen molar-refractivity contribution in [3.05, 3.63) is 0 Å². The molecule has 462 valence electrons. The summed E-state index contributed by atoms with van der Waals surface area (Å²) in [6.45, 7) is 22.4. The molecule has 6 aliphatic rings. The van der Waals surface area contributed by atoms with E-state index in [1.54, 1.807) is 13.8 Å². The van der Waals surface area contributed by atoms with Crippen molar-refractivity contribution < 1.29 is 76.2 Å². The van der Waals surface area contributed by atoms with Crippen LogP contribution in [0.5, 0.6) is 0 Å². The number of ether oxygens (including phenoxy) is 9. The van der Waals surface area contributed by atoms with Gasteiger partial charge in [-0.25, -0.2) is 19.2 Å². The van der Waals surface area contributed by atoms with Gasteiger partial charge in [-0.3, -0.25) is 14.4 Å². The number of hydrogen-bond donors (Lipinski definition) is 0. The fraction of sp³-hybridized carbons (Fsp3) is 0.887. The smallest absolute Gasteiger partial charge is 0.344 e. The van der Waals surface area contributed by atoms with Crippen molar-refractivity contribution in [1.29, 1.82) is 0 Å². The molecule has 16 heteroatoms. The molecular weight excluding hydrogens is 1000 g/mol. The van der Waals surface area contributed by atoms with Crippen molar-refractivity contribution in [1.82, 2.24) is 0 Å². The van der Waals surface area contributed by atoms with Gasteiger partial charge in [0.2, 0.25) is 0 Å². The maximum Gasteiger partial charge on any atom is 0.344 e. The van der Waals surface area contributed by atoms with Gasteiger partial charge in [0.15, 0.2) is 13.2 Å². The Bertz CT molecular complexity index is 1730. The summed E-state index contributed by atoms with van der Waals surface area (Å²) < 4.78 is 47.7. The molecule has 0 atom stereocenters. The minimum Gasteiger partial charge on any atom is -0.463 e. The normalized spacial score (nSPS) is 22.1. The quantitative estimate of drug-likeness (QED) is 0.0501. The zero-order chi connectivity index (χ0) is 53.8. The summed E-state index contributed by atoms with van der Waals surface area (Å²) >= 11 is 0. The average molecular weight is 1120 g/mol. The molecule has 0 radical (unpaired) electrons. The third-order valence-electron chi connectivity index (χ3n) is 16.4. The molecule has 6 aliphatic carbocycles. The number of carbonyl (C=O) groups excluding carboxylic acids is 7. The largest absolute Gasteiger partial charge is 0.463 e. The van der Waals surface area contributed by atoms with E-state index < -0.39 is 53.0 Å². The summed E-state index contributed by atoms with van der Waals surface area (Å²) in [5.74, 6) is -0.422. The second kappa shape index (κ2) is 37.3. The third-order valence-corrected chi connectivity index (χ3v) is 16.4. The predicted octanol–water partition coefficient (Wildman–Crippen LogP) is 14.0. The Balaban J connectivity index is -0.000000510. The van der Waals surface area contributed by atoms with E-state index in [9.17, 15) is 33.6 Å². The predicted molar refractivity (Wildman–Crippen MR) is 309 cm³/mol. The van der Waals surface area contributed by atoms with Crippen molar-refractivity contribution in [2.75, 3.05) is 52.9 Å². The van der Waals surface area contributed by atoms with Crippen LogP contribution < -0.4 is 0 Å². The summed E-state index contributed by atoms with van der Waals surface area (Å²) in [4.78, 5) is 83.1. The SMILES string of the molecule is C.C.C.C.C.C.CCC(C)(C)C(=O)OCC(=O)OCC(=O)OC1(C)C2CC3CC(C2)CC1C3.CCC(C)(C)C(=O)OCCOCC(=O)OC1(C)CCCCC1.CCC1(OC(=O)COCCOC(=O)C(C)(C)CC)CCCCC1. The van der Waals surface area contributed by atoms with Crippen LogP contribution in [-0.4, -0.2) is 111 Å². The lowest BCUT2D eigenvalue weighted by Gasteiger charge is -2.59. The second-order valence-electron chi connectivity index (χ2n) is 23.3. The molecule has 6 saturated carbocycles. The van der Waals surface area contributed by atoms with Crippen molar-refractivity contribution in [2.45, 2.75) is 266 Å². The second-order valence-corrected chi connectivity index (χ2v) is 23.3. The first-order valence-corrected chi connectivity index (χ1v) is 27.3. The molecule has 0 aromatic rings. The summed E-state index contributed by atoms with van der Waals surface area (Å²) in [5, 5.41) is 0. The van der Waals surface area contributed by atoms with Crippen LogP contribution in [0, 0.1) is 39.9 Å². The summed E-state index contributed by atoms with van der Waals surface area (Å²) in [5.41, 5.74) is -2.67. The molecule has 0 amide bonds. The zero-order valence-electron chi connectivity index (χ0n) is 46.4. The van der Waals surface area contributed by atoms with Gasteiger partial charge in [0.1, 0.15) is 43.2 Å². The molecule has 0 aromatic heterocycles. The maximum atomic E-state index is 12.3. The fourth-order valence-electron chi connectivity index (χ4n) is 10.3. The topological polar surface area (TPSA) is 203 Å². The molecule has 0 unspecified atom stereocenters. The Morgan fingerprint density at radius 2 is 0.769 bits per heavy atom. The van der Waals surface area contributed by atoms with Gasteiger partial charge in [-0.05, 0) is 188 Å². The van der Waals surface area contributed by atoms with E-state index in [1.807, 2.05) is 55.4 Å². The molecule has 4 bridgehead atoms. The van der Waals surface area contributed by atoms with Crippen LogP contribution >= 0.6 is 0 Å². The van der Waals surface area contributed by atoms with Crippen LogP contribution in [-0.2, 0) is 76.2 Å². The molecule has 0 aliphatic heterocycles. The first-order chi connectivity index (χ1) is 33.8. The van der Waals surface area contributed by atoms with E-state index in [1.165, 1.54) is 19.3 Å². The summed E-state index contributed by atoms with van der Waals surface area (Å²) in [6.07, 6.45) is 19.4. The molecule has 0 saturated heterocycles. The van der Waals surface area contributed by atoms with E-state index in [0.717, 1.165) is 108 Å². The standard InChI is InChI=1S/C21H32O6.C18H32O5.C17H30O5.6CH4/c1-5-20(2,3)19(24)26-11-17(22)25-12-18(23)27-21(4)15-7-13-6-14(9-15)10-16(21)8-13;1-5-17(3,4)16(20)22-13-12-21-14-15(19)23-18(6-2)10-8-7-9-11-18;1-5-16(2,3)15(19)21-12-11-20-13-14(18)22-17(4)9-7-6-8-10-17;;;;;;/h13-16H,5-12H2,1-4H3;5-14H2,1-4H3;5-13H2,1-4H3;6*1H4. The number of hydrogen-bond acceptors (Lipinski definition) is 16. The van der Waals surface area contributed by atoms with Gasteiger partial charge in [-0.1, -0.05) is 85.1 Å². The highest BCUT2D eigenvalue weighted by atomic mass is 16.6. The van der Waals surface area contributed by atoms with E-state index in [2.05, 4.69) is 13.8 Å². The van der Waals surface area contributed by atoms with Crippen LogP contribution in [0.2, 0.25) is 0 Å². The summed E-state index contributed by atoms with van der Waals surface area (Å²) in [6, 6.07) is 0. The highest BCUT2D eigenvalue weighted by molar-refractivity contribution is 5.81. The van der Waals surface area contributed by atoms with E-state index in [-0.39, 0.29) is 119 Å². The molecule has 6 rings (SSSR count). The van der Waals surface area contributed by atoms with Crippen molar-refractivity contribution in [3.8, 4) is 0 Å². The van der Waals surface area contributed by atoms with Crippen molar-refractivity contribution in [2.24, 2.45) is 39.9 Å². The van der Waals surface area contributed by atoms with Gasteiger partial charge in [0.05, 0.1) is 29.5 Å². The molecule has 0 aromatic carbocycles. The molecule has 6 fully saturated rings. The van der Waals surface area contributed by atoms with E-state index in [4.69, 9.17) is 42.6 Å². The van der Waals surface area contributed by atoms with Gasteiger partial charge in [-0.2, -0.15) is 0 Å². The number of carbonyl (C=O) groups is 7. The van der Waals surface area contributed by atoms with Crippen LogP contribution in [0.4, 0.5) is 0 Å². The number of rotatable bonds is 24. The molecule has 0 spiro atoms. The van der Waals surface area contributed by atoms with Gasteiger partial charge in [-0.15, -0.1) is 0 Å². The van der Waals surface area contributed by atoms with Crippen LogP contribution in [0.15, 0.2) is 0 Å². The molecule has 0 N–H and O–H groups in total. The lowest BCUT2D eigenvalue weighted by Crippen LogP contribution is -2.58. The molecule has 0 heterocycles. The van der Waals surface area contributed by atoms with Crippen molar-refractivity contribution in [3.63, 3.8) is 0 Å². The van der Waals surface area contributed by atoms with E-state index >= 15 is 0 Å². The Kier molecular flexibility index (Phi) is 38.6. The van der Waals surface area contributed by atoms with Gasteiger partial charge in [0.25, 0.3) is 0 Å². The van der Waals surface area contributed by atoms with Crippen LogP contribution in [0.3, 0.4) is 0 Å². The lowest BCUT2D eigenvalue weighted by atomic mass is 9.50. The monoisotopic (exact) mass is 1120 g/mol. The van der Waals surface area contributed by atoms with Crippen LogP contribution in [0.1, 0.15) is 250 Å². The molecule has 78 heavy (non-hydrogen) atoms. The highest BCUT2D eigenvalue weighted by Crippen LogP contribution is 2.59. The number of esters is 7. The maximum absolute atomic E-state index is 12.3. The molecule has 16 nitrogen and oxygen atoms in total. The zero-order valence-corrected chi connectivity index (χ0v) is 46.4. The van der Waals surface area contributed by atoms with Gasteiger partial charge >= 0.3 is 41.8 Å².